The largest absolute Gasteiger partial charge is 0.417 e. The van der Waals surface area contributed by atoms with Crippen LogP contribution in [0.2, 0.25) is 0 Å². The third-order valence-electron chi connectivity index (χ3n) is 2.39. The van der Waals surface area contributed by atoms with E-state index in [0.29, 0.717) is 0 Å². The molecule has 0 amide bonds. The number of halogens is 2. The van der Waals surface area contributed by atoms with Crippen molar-refractivity contribution in [3.8, 4) is 6.07 Å². The lowest BCUT2D eigenvalue weighted by molar-refractivity contribution is -0.0118. The van der Waals surface area contributed by atoms with Gasteiger partial charge in [0.15, 0.2) is 5.58 Å². The van der Waals surface area contributed by atoms with Gasteiger partial charge in [-0.2, -0.15) is 5.26 Å². The van der Waals surface area contributed by atoms with Crippen molar-refractivity contribution in [2.45, 2.75) is 18.8 Å². The van der Waals surface area contributed by atoms with E-state index in [1.165, 1.54) is 12.1 Å². The smallest absolute Gasteiger partial charge is 0.408 e. The van der Waals surface area contributed by atoms with Crippen LogP contribution in [-0.4, -0.2) is 4.98 Å². The minimum atomic E-state index is -3.09. The summed E-state index contributed by atoms with van der Waals surface area (Å²) in [6.45, 7) is 0. The number of alkyl halides is 2. The van der Waals surface area contributed by atoms with Crippen molar-refractivity contribution in [2.24, 2.45) is 0 Å². The minimum Gasteiger partial charge on any atom is -0.408 e. The van der Waals surface area contributed by atoms with Gasteiger partial charge in [-0.1, -0.05) is 0 Å². The van der Waals surface area contributed by atoms with E-state index in [9.17, 15) is 13.6 Å². The molecule has 2 aromatic rings. The number of hydrogen-bond donors (Lipinski definition) is 1. The van der Waals surface area contributed by atoms with Crippen LogP contribution in [0.15, 0.2) is 27.4 Å². The highest BCUT2D eigenvalue weighted by molar-refractivity contribution is 5.73. The highest BCUT2D eigenvalue weighted by Gasteiger charge is 2.31. The molecule has 0 unspecified atom stereocenters. The van der Waals surface area contributed by atoms with Gasteiger partial charge in [0.2, 0.25) is 0 Å². The zero-order valence-electron chi connectivity index (χ0n) is 8.67. The van der Waals surface area contributed by atoms with E-state index >= 15 is 0 Å². The van der Waals surface area contributed by atoms with Crippen LogP contribution >= 0.6 is 0 Å². The van der Waals surface area contributed by atoms with Crippen molar-refractivity contribution in [2.75, 3.05) is 0 Å². The number of nitriles is 1. The minimum absolute atomic E-state index is 0.226. The van der Waals surface area contributed by atoms with Crippen LogP contribution in [0, 0.1) is 11.3 Å². The summed E-state index contributed by atoms with van der Waals surface area (Å²) in [7, 11) is 0. The van der Waals surface area contributed by atoms with Crippen LogP contribution in [-0.2, 0) is 5.92 Å². The fourth-order valence-electron chi connectivity index (χ4n) is 1.54. The number of nitrogens with zero attached hydrogens (tertiary/aromatic N) is 1. The number of H-pyrrole nitrogens is 1. The summed E-state index contributed by atoms with van der Waals surface area (Å²) in [5, 5.41) is 8.31. The van der Waals surface area contributed by atoms with Gasteiger partial charge in [-0.15, -0.1) is 0 Å². The Kier molecular flexibility index (Phi) is 2.68. The first-order valence-corrected chi connectivity index (χ1v) is 4.91. The van der Waals surface area contributed by atoms with E-state index < -0.39 is 18.1 Å². The first kappa shape index (κ1) is 11.3. The molecule has 0 atom stereocenters. The molecule has 1 heterocycles. The Morgan fingerprint density at radius 1 is 1.47 bits per heavy atom. The van der Waals surface area contributed by atoms with Crippen molar-refractivity contribution < 1.29 is 13.2 Å². The van der Waals surface area contributed by atoms with Crippen molar-refractivity contribution in [3.05, 3.63) is 34.3 Å². The molecule has 0 bridgehead atoms. The first-order chi connectivity index (χ1) is 8.03. The van der Waals surface area contributed by atoms with Gasteiger partial charge in [-0.05, 0) is 18.2 Å². The topological polar surface area (TPSA) is 69.8 Å². The van der Waals surface area contributed by atoms with Crippen molar-refractivity contribution in [3.63, 3.8) is 0 Å². The van der Waals surface area contributed by atoms with E-state index in [0.717, 1.165) is 6.07 Å². The van der Waals surface area contributed by atoms with Gasteiger partial charge < -0.3 is 4.42 Å². The van der Waals surface area contributed by atoms with E-state index in [1.54, 1.807) is 6.07 Å². The molecule has 4 nitrogen and oxygen atoms in total. The van der Waals surface area contributed by atoms with Gasteiger partial charge in [0.05, 0.1) is 11.6 Å². The Bertz CT molecular complexity index is 637. The third kappa shape index (κ3) is 2.18. The molecule has 0 aliphatic heterocycles. The first-order valence-electron chi connectivity index (χ1n) is 4.91. The van der Waals surface area contributed by atoms with E-state index in [4.69, 9.17) is 9.68 Å². The predicted molar refractivity (Wildman–Crippen MR) is 55.6 cm³/mol. The molecule has 1 aromatic heterocycles. The van der Waals surface area contributed by atoms with Crippen molar-refractivity contribution in [1.29, 1.82) is 5.26 Å². The van der Waals surface area contributed by atoms with Gasteiger partial charge in [-0.25, -0.2) is 13.6 Å². The summed E-state index contributed by atoms with van der Waals surface area (Å²) in [6, 6.07) is 5.34. The summed E-state index contributed by atoms with van der Waals surface area (Å²) < 4.78 is 31.9. The van der Waals surface area contributed by atoms with E-state index in [2.05, 4.69) is 4.98 Å². The molecular formula is C11H8F2N2O2. The molecule has 1 N–H and O–H groups in total. The monoisotopic (exact) mass is 238 g/mol. The standard InChI is InChI=1S/C11H8F2N2O2/c12-11(13,4-1-5-14)7-2-3-9-8(6-7)15-10(16)17-9/h2-3,6H,1,4H2,(H,15,16). The second-order valence-electron chi connectivity index (χ2n) is 3.59. The van der Waals surface area contributed by atoms with Crippen molar-refractivity contribution in [1.82, 2.24) is 4.98 Å². The molecule has 6 heteroatoms. The number of rotatable bonds is 3. The molecule has 0 saturated heterocycles. The normalized spacial score (nSPS) is 11.6. The number of oxazole rings is 1. The number of benzene rings is 1. The molecule has 0 saturated carbocycles. The Labute approximate surface area is 94.5 Å². The van der Waals surface area contributed by atoms with Gasteiger partial charge in [0.1, 0.15) is 0 Å². The van der Waals surface area contributed by atoms with Crippen LogP contribution in [0.4, 0.5) is 8.78 Å². The Morgan fingerprint density at radius 3 is 2.94 bits per heavy atom. The predicted octanol–water partition coefficient (Wildman–Crippen LogP) is 2.52. The van der Waals surface area contributed by atoms with Crippen LogP contribution < -0.4 is 5.76 Å². The quantitative estimate of drug-likeness (QED) is 0.893. The maximum Gasteiger partial charge on any atom is 0.417 e. The van der Waals surface area contributed by atoms with Crippen LogP contribution in [0.5, 0.6) is 0 Å². The Balaban J connectivity index is 2.42. The summed E-state index contributed by atoms with van der Waals surface area (Å²) in [4.78, 5) is 13.2. The molecule has 0 aliphatic carbocycles. The number of nitrogens with one attached hydrogen (secondary N) is 1. The second kappa shape index (κ2) is 4.01. The number of fused-ring (bicyclic) bond motifs is 1. The molecule has 0 aliphatic rings. The summed E-state index contributed by atoms with van der Waals surface area (Å²) in [5.74, 6) is -3.77. The fraction of sp³-hybridized carbons (Fsp3) is 0.273. The lowest BCUT2D eigenvalue weighted by Crippen LogP contribution is -2.12. The number of hydrogen-bond acceptors (Lipinski definition) is 3. The highest BCUT2D eigenvalue weighted by atomic mass is 19.3. The number of aromatic nitrogens is 1. The molecular weight excluding hydrogens is 230 g/mol. The molecule has 2 rings (SSSR count). The van der Waals surface area contributed by atoms with Crippen molar-refractivity contribution >= 4 is 11.1 Å². The molecule has 0 spiro atoms. The van der Waals surface area contributed by atoms with Crippen LogP contribution in [0.1, 0.15) is 18.4 Å². The zero-order chi connectivity index (χ0) is 12.5. The van der Waals surface area contributed by atoms with Gasteiger partial charge in [0, 0.05) is 18.4 Å². The molecule has 17 heavy (non-hydrogen) atoms. The third-order valence-corrected chi connectivity index (χ3v) is 2.39. The second-order valence-corrected chi connectivity index (χ2v) is 3.59. The Morgan fingerprint density at radius 2 is 2.24 bits per heavy atom. The van der Waals surface area contributed by atoms with E-state index in [1.807, 2.05) is 0 Å². The SMILES string of the molecule is N#CCCC(F)(F)c1ccc2oc(=O)[nH]c2c1. The average Bonchev–Trinajstić information content (AvgIpc) is 2.65. The molecule has 0 radical (unpaired) electrons. The fourth-order valence-corrected chi connectivity index (χ4v) is 1.54. The molecule has 1 aromatic carbocycles. The van der Waals surface area contributed by atoms with Gasteiger partial charge >= 0.3 is 5.76 Å². The maximum atomic E-state index is 13.6. The zero-order valence-corrected chi connectivity index (χ0v) is 8.67. The highest BCUT2D eigenvalue weighted by Crippen LogP contribution is 2.33. The number of aromatic amines is 1. The van der Waals surface area contributed by atoms with Crippen LogP contribution in [0.25, 0.3) is 11.1 Å². The van der Waals surface area contributed by atoms with Crippen LogP contribution in [0.3, 0.4) is 0 Å². The summed E-state index contributed by atoms with van der Waals surface area (Å²) in [6.07, 6.45) is -0.774. The van der Waals surface area contributed by atoms with Gasteiger partial charge in [0.25, 0.3) is 5.92 Å². The average molecular weight is 238 g/mol. The molecule has 0 fully saturated rings. The maximum absolute atomic E-state index is 13.6. The summed E-state index contributed by atoms with van der Waals surface area (Å²) >= 11 is 0. The lowest BCUT2D eigenvalue weighted by atomic mass is 10.0. The summed E-state index contributed by atoms with van der Waals surface area (Å²) in [5.41, 5.74) is 0.219. The lowest BCUT2D eigenvalue weighted by Gasteiger charge is -2.14. The molecule has 88 valence electrons. The van der Waals surface area contributed by atoms with Gasteiger partial charge in [-0.3, -0.25) is 4.98 Å². The van der Waals surface area contributed by atoms with E-state index in [-0.39, 0.29) is 23.1 Å². The Hall–Kier alpha value is -2.16.